The summed E-state index contributed by atoms with van der Waals surface area (Å²) in [5.74, 6) is 0. The number of rotatable bonds is 6. The third-order valence-electron chi connectivity index (χ3n) is 3.11. The molecule has 0 aliphatic rings. The zero-order chi connectivity index (χ0) is 13.7. The minimum absolute atomic E-state index is 0.511. The summed E-state index contributed by atoms with van der Waals surface area (Å²) in [7, 11) is 0. The summed E-state index contributed by atoms with van der Waals surface area (Å²) in [4.78, 5) is 2.82. The summed E-state index contributed by atoms with van der Waals surface area (Å²) in [5.41, 5.74) is 1.33. The molecule has 0 saturated carbocycles. The Bertz CT molecular complexity index is 515. The molecule has 0 amide bonds. The Hall–Kier alpha value is -0.390. The second-order valence-electron chi connectivity index (χ2n) is 4.61. The molecule has 1 N–H and O–H groups in total. The van der Waals surface area contributed by atoms with Gasteiger partial charge in [-0.05, 0) is 65.4 Å². The minimum Gasteiger partial charge on any atom is -0.310 e. The first-order chi connectivity index (χ1) is 9.24. The van der Waals surface area contributed by atoms with Crippen LogP contribution in [-0.2, 0) is 0 Å². The van der Waals surface area contributed by atoms with Gasteiger partial charge in [-0.2, -0.15) is 0 Å². The molecule has 1 nitrogen and oxygen atoms in total. The van der Waals surface area contributed by atoms with Crippen LogP contribution < -0.4 is 5.32 Å². The predicted molar refractivity (Wildman–Crippen MR) is 93.8 cm³/mol. The predicted octanol–water partition coefficient (Wildman–Crippen LogP) is 5.47. The number of hydrogen-bond donors (Lipinski definition) is 1. The van der Waals surface area contributed by atoms with Gasteiger partial charge in [0.2, 0.25) is 0 Å². The van der Waals surface area contributed by atoms with Crippen molar-refractivity contribution in [1.82, 2.24) is 5.32 Å². The highest BCUT2D eigenvalue weighted by atomic mass is 127. The lowest BCUT2D eigenvalue weighted by Gasteiger charge is -2.15. The van der Waals surface area contributed by atoms with E-state index in [1.54, 1.807) is 0 Å². The SMILES string of the molecule is CCCC(NCC)c1ccc(-c2cccc(I)c2)s1. The molecule has 0 spiro atoms. The van der Waals surface area contributed by atoms with Crippen LogP contribution in [0.5, 0.6) is 0 Å². The van der Waals surface area contributed by atoms with Gasteiger partial charge in [0.25, 0.3) is 0 Å². The smallest absolute Gasteiger partial charge is 0.0414 e. The maximum atomic E-state index is 3.58. The van der Waals surface area contributed by atoms with E-state index in [9.17, 15) is 0 Å². The first-order valence-electron chi connectivity index (χ1n) is 6.83. The molecule has 1 unspecified atom stereocenters. The third-order valence-corrected chi connectivity index (χ3v) is 5.03. The average Bonchev–Trinajstić information content (AvgIpc) is 2.88. The maximum Gasteiger partial charge on any atom is 0.0414 e. The molecule has 102 valence electrons. The molecule has 1 aromatic carbocycles. The summed E-state index contributed by atoms with van der Waals surface area (Å²) >= 11 is 4.29. The Kier molecular flexibility index (Phi) is 5.85. The van der Waals surface area contributed by atoms with Crippen LogP contribution in [0.1, 0.15) is 37.6 Å². The van der Waals surface area contributed by atoms with Gasteiger partial charge in [0.1, 0.15) is 0 Å². The minimum atomic E-state index is 0.511. The van der Waals surface area contributed by atoms with Gasteiger partial charge in [0.05, 0.1) is 0 Å². The van der Waals surface area contributed by atoms with E-state index in [1.165, 1.54) is 31.7 Å². The number of nitrogens with one attached hydrogen (secondary N) is 1. The largest absolute Gasteiger partial charge is 0.310 e. The maximum absolute atomic E-state index is 3.58. The van der Waals surface area contributed by atoms with Crippen molar-refractivity contribution >= 4 is 33.9 Å². The number of benzene rings is 1. The number of halogens is 1. The third kappa shape index (κ3) is 4.04. The van der Waals surface area contributed by atoms with Crippen LogP contribution in [0.2, 0.25) is 0 Å². The molecule has 0 saturated heterocycles. The topological polar surface area (TPSA) is 12.0 Å². The highest BCUT2D eigenvalue weighted by molar-refractivity contribution is 14.1. The monoisotopic (exact) mass is 385 g/mol. The summed E-state index contributed by atoms with van der Waals surface area (Å²) in [6.45, 7) is 5.45. The van der Waals surface area contributed by atoms with Crippen LogP contribution in [0.15, 0.2) is 36.4 Å². The lowest BCUT2D eigenvalue weighted by atomic mass is 10.1. The molecule has 0 aliphatic heterocycles. The van der Waals surface area contributed by atoms with E-state index in [2.05, 4.69) is 78.2 Å². The Morgan fingerprint density at radius 1 is 1.21 bits per heavy atom. The molecule has 0 radical (unpaired) electrons. The van der Waals surface area contributed by atoms with E-state index in [0.29, 0.717) is 6.04 Å². The van der Waals surface area contributed by atoms with Crippen LogP contribution in [0.4, 0.5) is 0 Å². The van der Waals surface area contributed by atoms with Crippen molar-refractivity contribution in [2.75, 3.05) is 6.54 Å². The summed E-state index contributed by atoms with van der Waals surface area (Å²) in [5, 5.41) is 3.58. The van der Waals surface area contributed by atoms with Crippen LogP contribution >= 0.6 is 33.9 Å². The summed E-state index contributed by atoms with van der Waals surface area (Å²) < 4.78 is 1.29. The van der Waals surface area contributed by atoms with Crippen LogP contribution in [0.25, 0.3) is 10.4 Å². The molecule has 1 aromatic heterocycles. The highest BCUT2D eigenvalue weighted by Crippen LogP contribution is 2.33. The van der Waals surface area contributed by atoms with E-state index in [-0.39, 0.29) is 0 Å². The Morgan fingerprint density at radius 3 is 2.74 bits per heavy atom. The fraction of sp³-hybridized carbons (Fsp3) is 0.375. The Balaban J connectivity index is 2.22. The average molecular weight is 385 g/mol. The molecule has 19 heavy (non-hydrogen) atoms. The molecule has 3 heteroatoms. The fourth-order valence-electron chi connectivity index (χ4n) is 2.22. The molecule has 1 atom stereocenters. The van der Waals surface area contributed by atoms with Gasteiger partial charge in [0.15, 0.2) is 0 Å². The van der Waals surface area contributed by atoms with Crippen LogP contribution in [0.3, 0.4) is 0 Å². The van der Waals surface area contributed by atoms with Gasteiger partial charge in [-0.1, -0.05) is 32.4 Å². The van der Waals surface area contributed by atoms with Crippen molar-refractivity contribution in [3.05, 3.63) is 44.8 Å². The highest BCUT2D eigenvalue weighted by Gasteiger charge is 2.12. The van der Waals surface area contributed by atoms with E-state index in [4.69, 9.17) is 0 Å². The Labute approximate surface area is 133 Å². The molecular weight excluding hydrogens is 365 g/mol. The van der Waals surface area contributed by atoms with Crippen molar-refractivity contribution in [3.8, 4) is 10.4 Å². The van der Waals surface area contributed by atoms with Crippen molar-refractivity contribution in [2.24, 2.45) is 0 Å². The van der Waals surface area contributed by atoms with Crippen LogP contribution in [0, 0.1) is 3.57 Å². The molecule has 2 aromatic rings. The fourth-order valence-corrected chi connectivity index (χ4v) is 3.87. The zero-order valence-corrected chi connectivity index (χ0v) is 14.4. The number of thiophene rings is 1. The Morgan fingerprint density at radius 2 is 2.05 bits per heavy atom. The molecule has 0 bridgehead atoms. The molecule has 0 aliphatic carbocycles. The first-order valence-corrected chi connectivity index (χ1v) is 8.73. The lowest BCUT2D eigenvalue weighted by Crippen LogP contribution is -2.19. The molecule has 1 heterocycles. The molecular formula is C16H20INS. The van der Waals surface area contributed by atoms with E-state index in [1.807, 2.05) is 11.3 Å². The molecule has 2 rings (SSSR count). The number of hydrogen-bond acceptors (Lipinski definition) is 2. The van der Waals surface area contributed by atoms with E-state index >= 15 is 0 Å². The van der Waals surface area contributed by atoms with Gasteiger partial charge < -0.3 is 5.32 Å². The van der Waals surface area contributed by atoms with Gasteiger partial charge in [0, 0.05) is 19.4 Å². The second kappa shape index (κ2) is 7.41. The lowest BCUT2D eigenvalue weighted by molar-refractivity contribution is 0.516. The van der Waals surface area contributed by atoms with Gasteiger partial charge in [-0.3, -0.25) is 0 Å². The van der Waals surface area contributed by atoms with Gasteiger partial charge in [-0.25, -0.2) is 0 Å². The van der Waals surface area contributed by atoms with E-state index in [0.717, 1.165) is 6.54 Å². The van der Waals surface area contributed by atoms with Crippen molar-refractivity contribution in [1.29, 1.82) is 0 Å². The van der Waals surface area contributed by atoms with Gasteiger partial charge >= 0.3 is 0 Å². The van der Waals surface area contributed by atoms with Gasteiger partial charge in [-0.15, -0.1) is 11.3 Å². The quantitative estimate of drug-likeness (QED) is 0.651. The summed E-state index contributed by atoms with van der Waals surface area (Å²) in [6.07, 6.45) is 2.42. The van der Waals surface area contributed by atoms with Crippen molar-refractivity contribution in [2.45, 2.75) is 32.7 Å². The molecule has 0 fully saturated rings. The van der Waals surface area contributed by atoms with Crippen molar-refractivity contribution < 1.29 is 0 Å². The van der Waals surface area contributed by atoms with Crippen molar-refractivity contribution in [3.63, 3.8) is 0 Å². The summed E-state index contributed by atoms with van der Waals surface area (Å²) in [6, 6.07) is 13.8. The standard InChI is InChI=1S/C16H20INS/c1-3-6-14(18-4-2)16-10-9-15(19-16)12-7-5-8-13(17)11-12/h5,7-11,14,18H,3-4,6H2,1-2H3. The normalized spacial score (nSPS) is 12.6. The van der Waals surface area contributed by atoms with Crippen LogP contribution in [-0.4, -0.2) is 6.54 Å². The first kappa shape index (κ1) is 15.0. The van der Waals surface area contributed by atoms with E-state index < -0.39 is 0 Å². The zero-order valence-electron chi connectivity index (χ0n) is 11.4. The second-order valence-corrected chi connectivity index (χ2v) is 6.97.